The van der Waals surface area contributed by atoms with Gasteiger partial charge in [0.2, 0.25) is 0 Å². The van der Waals surface area contributed by atoms with Gasteiger partial charge in [0.1, 0.15) is 42.9 Å². The summed E-state index contributed by atoms with van der Waals surface area (Å²) >= 11 is 0. The Hall–Kier alpha value is -4.38. The first kappa shape index (κ1) is 63.2. The molecule has 0 bridgehead atoms. The van der Waals surface area contributed by atoms with Crippen molar-refractivity contribution < 1.29 is 86.3 Å². The van der Waals surface area contributed by atoms with Crippen LogP contribution in [0.25, 0.3) is 0 Å². The van der Waals surface area contributed by atoms with Crippen molar-refractivity contribution in [3.05, 3.63) is 48.0 Å². The molecule has 20 nitrogen and oxygen atoms in total. The molecular formula is C55H86N2O18. The number of carbonyl (C=O) groups excluding carboxylic acids is 6. The van der Waals surface area contributed by atoms with E-state index in [9.17, 15) is 39.0 Å². The van der Waals surface area contributed by atoms with Crippen LogP contribution in [-0.2, 0) is 82.6 Å². The van der Waals surface area contributed by atoms with Crippen molar-refractivity contribution in [2.45, 2.75) is 218 Å². The number of carbonyl (C=O) groups is 6. The summed E-state index contributed by atoms with van der Waals surface area (Å²) in [6.45, 7) is 14.9. The average molecular weight is 1060 g/mol. The summed E-state index contributed by atoms with van der Waals surface area (Å²) in [6, 6.07) is 8.56. The van der Waals surface area contributed by atoms with Gasteiger partial charge in [-0.15, -0.1) is 0 Å². The quantitative estimate of drug-likeness (QED) is 0.0829. The molecule has 4 rings (SSSR count). The van der Waals surface area contributed by atoms with Crippen LogP contribution in [0.1, 0.15) is 119 Å². The predicted molar refractivity (Wildman–Crippen MR) is 272 cm³/mol. The Kier molecular flexibility index (Phi) is 25.2. The van der Waals surface area contributed by atoms with Crippen LogP contribution < -0.4 is 0 Å². The van der Waals surface area contributed by atoms with E-state index in [1.54, 1.807) is 72.7 Å². The summed E-state index contributed by atoms with van der Waals surface area (Å²) in [5.74, 6) is -4.45. The van der Waals surface area contributed by atoms with Crippen molar-refractivity contribution >= 4 is 36.1 Å². The lowest BCUT2D eigenvalue weighted by Gasteiger charge is -2.50. The zero-order chi connectivity index (χ0) is 55.7. The molecule has 75 heavy (non-hydrogen) atoms. The number of nitrogens with zero attached hydrogens (tertiary/aromatic N) is 2. The molecule has 18 atom stereocenters. The number of hydrogen-bond donors (Lipinski definition) is 2. The highest BCUT2D eigenvalue weighted by atomic mass is 16.7. The van der Waals surface area contributed by atoms with Crippen molar-refractivity contribution in [3.63, 3.8) is 0 Å². The van der Waals surface area contributed by atoms with Gasteiger partial charge in [0.25, 0.3) is 0 Å². The molecule has 0 spiro atoms. The number of likely N-dealkylation sites (N-methyl/N-ethyl adjacent to an activating group) is 2. The maximum absolute atomic E-state index is 14.0. The maximum Gasteiger partial charge on any atom is 0.309 e. The number of benzene rings is 1. The van der Waals surface area contributed by atoms with Gasteiger partial charge < -0.3 is 67.3 Å². The van der Waals surface area contributed by atoms with Gasteiger partial charge in [-0.05, 0) is 98.1 Å². The van der Waals surface area contributed by atoms with E-state index in [1.165, 1.54) is 26.5 Å². The molecule has 0 unspecified atom stereocenters. The number of cyclic esters (lactones) is 1. The summed E-state index contributed by atoms with van der Waals surface area (Å²) in [7, 11) is 6.69. The average Bonchev–Trinajstić information content (AvgIpc) is 3.32. The van der Waals surface area contributed by atoms with E-state index >= 15 is 0 Å². The van der Waals surface area contributed by atoms with Gasteiger partial charge >= 0.3 is 29.8 Å². The topological polar surface area (TPSA) is 242 Å². The molecule has 0 aromatic heterocycles. The molecule has 0 saturated carbocycles. The Balaban J connectivity index is 1.76. The smallest absolute Gasteiger partial charge is 0.309 e. The minimum absolute atomic E-state index is 0.0248. The van der Waals surface area contributed by atoms with E-state index in [0.29, 0.717) is 12.8 Å². The van der Waals surface area contributed by atoms with E-state index in [2.05, 4.69) is 12.1 Å². The van der Waals surface area contributed by atoms with Crippen molar-refractivity contribution in [2.24, 2.45) is 11.8 Å². The summed E-state index contributed by atoms with van der Waals surface area (Å²) in [6.07, 6.45) is -8.92. The molecular weight excluding hydrogens is 977 g/mol. The Morgan fingerprint density at radius 3 is 2.11 bits per heavy atom. The number of hydrogen-bond acceptors (Lipinski definition) is 20. The molecule has 1 aromatic rings. The molecule has 424 valence electrons. The molecule has 2 fully saturated rings. The Morgan fingerprint density at radius 2 is 1.51 bits per heavy atom. The lowest BCUT2D eigenvalue weighted by atomic mass is 9.82. The number of ether oxygens (including phenoxy) is 10. The highest BCUT2D eigenvalue weighted by Gasteiger charge is 2.54. The predicted octanol–water partition coefficient (Wildman–Crippen LogP) is 4.65. The van der Waals surface area contributed by atoms with Gasteiger partial charge in [0.05, 0.1) is 42.9 Å². The molecule has 3 aliphatic heterocycles. The van der Waals surface area contributed by atoms with Crippen molar-refractivity contribution in [1.82, 2.24) is 9.80 Å². The normalized spacial score (nSPS) is 35.7. The maximum atomic E-state index is 14.0. The third-order valence-corrected chi connectivity index (χ3v) is 14.3. The van der Waals surface area contributed by atoms with Gasteiger partial charge in [-0.1, -0.05) is 57.2 Å². The number of aliphatic hydroxyl groups is 2. The van der Waals surface area contributed by atoms with Gasteiger partial charge in [0, 0.05) is 53.1 Å². The van der Waals surface area contributed by atoms with Crippen LogP contribution in [-0.4, -0.2) is 188 Å². The second-order valence-electron chi connectivity index (χ2n) is 20.8. The molecule has 2 saturated heterocycles. The van der Waals surface area contributed by atoms with E-state index in [1.807, 2.05) is 37.1 Å². The van der Waals surface area contributed by atoms with E-state index < -0.39 is 146 Å². The van der Waals surface area contributed by atoms with Gasteiger partial charge in [-0.25, -0.2) is 0 Å². The monoisotopic (exact) mass is 1060 g/mol. The third-order valence-electron chi connectivity index (χ3n) is 14.3. The highest BCUT2D eigenvalue weighted by Crippen LogP contribution is 2.39. The molecule has 0 radical (unpaired) electrons. The van der Waals surface area contributed by atoms with Crippen LogP contribution in [0.4, 0.5) is 0 Å². The summed E-state index contributed by atoms with van der Waals surface area (Å²) in [5, 5.41) is 24.2. The standard InChI is InChI=1S/C55H86N2O18/c1-14-44(62)71-43-30-46(64)67-33(4)29-41(61)40(57(12)26-19-22-38-20-17-16-18-21-38)23-24-42(70-36(7)59)32(3)28-39(25-27-58)51(52(43)66-13)74-54-49(65)48(56(10)11)50(34(5)69-54)73-47-31-55(9,75-37(8)60)53(35(6)68-47)72-45(63)15-2/h16-18,20-21,23-24,27,32-35,39-43,47-54,61,65H,14-15,19,22,25-26,28-31H2,1-13H3/b24-23+/t32-,33-,34-,35+,39+,40-,41+,42+,43-,47+,48-,49-,50-,51+,52+,53+,54+,55-/m1/s1. The van der Waals surface area contributed by atoms with Gasteiger partial charge in [-0.3, -0.25) is 28.9 Å². The lowest BCUT2D eigenvalue weighted by molar-refractivity contribution is -0.344. The highest BCUT2D eigenvalue weighted by molar-refractivity contribution is 5.73. The van der Waals surface area contributed by atoms with E-state index in [-0.39, 0.29) is 38.5 Å². The van der Waals surface area contributed by atoms with Crippen LogP contribution in [0.5, 0.6) is 0 Å². The van der Waals surface area contributed by atoms with Crippen molar-refractivity contribution in [1.29, 1.82) is 0 Å². The molecule has 1 aromatic carbocycles. The van der Waals surface area contributed by atoms with Crippen molar-refractivity contribution in [2.75, 3.05) is 34.8 Å². The summed E-state index contributed by atoms with van der Waals surface area (Å²) < 4.78 is 61.7. The van der Waals surface area contributed by atoms with Crippen molar-refractivity contribution in [3.8, 4) is 0 Å². The number of methoxy groups -OCH3 is 1. The Morgan fingerprint density at radius 1 is 0.840 bits per heavy atom. The first-order valence-electron chi connectivity index (χ1n) is 26.4. The van der Waals surface area contributed by atoms with Crippen LogP contribution >= 0.6 is 0 Å². The molecule has 20 heteroatoms. The third kappa shape index (κ3) is 18.4. The zero-order valence-corrected chi connectivity index (χ0v) is 46.3. The first-order chi connectivity index (χ1) is 35.4. The summed E-state index contributed by atoms with van der Waals surface area (Å²) in [5.41, 5.74) is -0.183. The Labute approximate surface area is 443 Å². The molecule has 3 aliphatic rings. The second kappa shape index (κ2) is 30.0. The lowest BCUT2D eigenvalue weighted by Crippen LogP contribution is -2.66. The summed E-state index contributed by atoms with van der Waals surface area (Å²) in [4.78, 5) is 81.4. The van der Waals surface area contributed by atoms with Gasteiger partial charge in [0.15, 0.2) is 24.3 Å². The molecule has 3 heterocycles. The fraction of sp³-hybridized carbons (Fsp3) is 0.745. The minimum atomic E-state index is -1.49. The minimum Gasteiger partial charge on any atom is -0.462 e. The fourth-order valence-electron chi connectivity index (χ4n) is 10.6. The molecule has 2 N–H and O–H groups in total. The van der Waals surface area contributed by atoms with E-state index in [4.69, 9.17) is 47.4 Å². The Bertz CT molecular complexity index is 2010. The van der Waals surface area contributed by atoms with Crippen LogP contribution in [0, 0.1) is 11.8 Å². The van der Waals surface area contributed by atoms with E-state index in [0.717, 1.165) is 12.8 Å². The number of rotatable bonds is 19. The van der Waals surface area contributed by atoms with Gasteiger partial charge in [-0.2, -0.15) is 0 Å². The number of aryl methyl sites for hydroxylation is 1. The number of aldehydes is 1. The number of aliphatic hydroxyl groups excluding tert-OH is 2. The molecule has 0 amide bonds. The largest absolute Gasteiger partial charge is 0.462 e. The first-order valence-corrected chi connectivity index (χ1v) is 26.4. The molecule has 0 aliphatic carbocycles. The zero-order valence-electron chi connectivity index (χ0n) is 46.3. The SMILES string of the molecule is CCC(=O)O[C@@H]1CC(=O)O[C@H](C)C[C@H](O)[C@H](N(C)CCCc2ccccc2)/C=C/[C@H](OC(C)=O)[C@H](C)C[C@H](CC=O)[C@H](O[C@@H]2O[C@H](C)[C@@H](O[C@H]3C[C@@](C)(OC(C)=O)[C@@H](OC(=O)CC)[C@H](C)O3)[C@H](N(C)C)[C@H]2O)[C@H]1OC. The van der Waals surface area contributed by atoms with Crippen LogP contribution in [0.3, 0.4) is 0 Å². The number of esters is 5. The van der Waals surface area contributed by atoms with Crippen LogP contribution in [0.2, 0.25) is 0 Å². The van der Waals surface area contributed by atoms with Crippen LogP contribution in [0.15, 0.2) is 42.5 Å². The second-order valence-corrected chi connectivity index (χ2v) is 20.8. The fourth-order valence-corrected chi connectivity index (χ4v) is 10.6.